The molecule has 1 aromatic heterocycles. The third-order valence-electron chi connectivity index (χ3n) is 4.71. The number of para-hydroxylation sites is 1. The summed E-state index contributed by atoms with van der Waals surface area (Å²) in [6.45, 7) is 0.648. The lowest BCUT2D eigenvalue weighted by Gasteiger charge is -2.23. The zero-order valence-electron chi connectivity index (χ0n) is 14.8. The number of amides is 1. The van der Waals surface area contributed by atoms with Crippen LogP contribution in [0.15, 0.2) is 72.9 Å². The molecule has 1 aliphatic rings. The van der Waals surface area contributed by atoms with Crippen molar-refractivity contribution in [2.24, 2.45) is 7.05 Å². The Morgan fingerprint density at radius 3 is 2.31 bits per heavy atom. The molecular weight excluding hydrogens is 324 g/mol. The summed E-state index contributed by atoms with van der Waals surface area (Å²) in [7, 11) is 2.01. The first-order valence-electron chi connectivity index (χ1n) is 8.95. The Balaban J connectivity index is 1.48. The van der Waals surface area contributed by atoms with E-state index in [1.165, 1.54) is 0 Å². The van der Waals surface area contributed by atoms with E-state index in [-0.39, 0.29) is 5.91 Å². The standard InChI is InChI=1S/C22H22N2O2/c1-23-15-5-6-19(23)16-24(18-11-12-18)22(25)17-9-13-21(14-10-17)26-20-7-3-2-4-8-20/h2-10,13-15,18H,11-12,16H2,1H3. The van der Waals surface area contributed by atoms with Crippen molar-refractivity contribution in [3.63, 3.8) is 0 Å². The lowest BCUT2D eigenvalue weighted by atomic mass is 10.1. The maximum absolute atomic E-state index is 13.0. The zero-order chi connectivity index (χ0) is 17.9. The van der Waals surface area contributed by atoms with Crippen molar-refractivity contribution in [1.29, 1.82) is 0 Å². The summed E-state index contributed by atoms with van der Waals surface area (Å²) in [5, 5.41) is 0. The van der Waals surface area contributed by atoms with Crippen molar-refractivity contribution in [3.8, 4) is 11.5 Å². The van der Waals surface area contributed by atoms with Crippen LogP contribution in [0.5, 0.6) is 11.5 Å². The molecule has 1 aliphatic carbocycles. The zero-order valence-corrected chi connectivity index (χ0v) is 14.8. The third-order valence-corrected chi connectivity index (χ3v) is 4.71. The molecule has 0 atom stereocenters. The molecule has 3 aromatic rings. The molecule has 1 fully saturated rings. The monoisotopic (exact) mass is 346 g/mol. The third kappa shape index (κ3) is 3.64. The first-order chi connectivity index (χ1) is 12.7. The van der Waals surface area contributed by atoms with E-state index in [0.29, 0.717) is 18.2 Å². The molecule has 0 spiro atoms. The van der Waals surface area contributed by atoms with Crippen molar-refractivity contribution >= 4 is 5.91 Å². The van der Waals surface area contributed by atoms with Crippen LogP contribution in [0.1, 0.15) is 28.9 Å². The first kappa shape index (κ1) is 16.5. The van der Waals surface area contributed by atoms with E-state index in [2.05, 4.69) is 10.6 Å². The molecule has 0 N–H and O–H groups in total. The summed E-state index contributed by atoms with van der Waals surface area (Å²) in [4.78, 5) is 15.0. The second-order valence-electron chi connectivity index (χ2n) is 6.71. The number of hydrogen-bond acceptors (Lipinski definition) is 2. The fourth-order valence-electron chi connectivity index (χ4n) is 3.04. The molecule has 0 aliphatic heterocycles. The van der Waals surface area contributed by atoms with Gasteiger partial charge in [-0.2, -0.15) is 0 Å². The van der Waals surface area contributed by atoms with Gasteiger partial charge in [0.15, 0.2) is 0 Å². The second-order valence-corrected chi connectivity index (χ2v) is 6.71. The molecule has 1 amide bonds. The van der Waals surface area contributed by atoms with Crippen molar-refractivity contribution in [3.05, 3.63) is 84.2 Å². The van der Waals surface area contributed by atoms with Gasteiger partial charge in [0.05, 0.1) is 6.54 Å². The maximum atomic E-state index is 13.0. The highest BCUT2D eigenvalue weighted by atomic mass is 16.5. The molecule has 2 aromatic carbocycles. The normalized spacial score (nSPS) is 13.4. The summed E-state index contributed by atoms with van der Waals surface area (Å²) in [5.74, 6) is 1.60. The van der Waals surface area contributed by atoms with E-state index in [1.807, 2.05) is 78.8 Å². The van der Waals surface area contributed by atoms with Gasteiger partial charge in [-0.3, -0.25) is 4.79 Å². The number of nitrogens with zero attached hydrogens (tertiary/aromatic N) is 2. The number of aryl methyl sites for hydroxylation is 1. The average Bonchev–Trinajstić information content (AvgIpc) is 3.43. The molecule has 0 radical (unpaired) electrons. The summed E-state index contributed by atoms with van der Waals surface area (Å²) < 4.78 is 7.87. The van der Waals surface area contributed by atoms with Gasteiger partial charge in [-0.15, -0.1) is 0 Å². The van der Waals surface area contributed by atoms with Crippen LogP contribution in [-0.4, -0.2) is 21.4 Å². The number of aromatic nitrogens is 1. The van der Waals surface area contributed by atoms with Gasteiger partial charge in [-0.1, -0.05) is 18.2 Å². The van der Waals surface area contributed by atoms with Crippen molar-refractivity contribution in [1.82, 2.24) is 9.47 Å². The molecule has 4 rings (SSSR count). The SMILES string of the molecule is Cn1cccc1CN(C(=O)c1ccc(Oc2ccccc2)cc1)C1CC1. The van der Waals surface area contributed by atoms with E-state index in [0.717, 1.165) is 30.0 Å². The summed E-state index contributed by atoms with van der Waals surface area (Å²) in [5.41, 5.74) is 1.85. The first-order valence-corrected chi connectivity index (χ1v) is 8.95. The predicted octanol–water partition coefficient (Wildman–Crippen LogP) is 4.62. The van der Waals surface area contributed by atoms with Crippen LogP contribution in [0.4, 0.5) is 0 Å². The molecule has 1 heterocycles. The van der Waals surface area contributed by atoms with Crippen molar-refractivity contribution in [2.45, 2.75) is 25.4 Å². The summed E-state index contributed by atoms with van der Waals surface area (Å²) >= 11 is 0. The van der Waals surface area contributed by atoms with Crippen LogP contribution < -0.4 is 4.74 Å². The molecule has 1 saturated carbocycles. The minimum Gasteiger partial charge on any atom is -0.457 e. The molecule has 4 nitrogen and oxygen atoms in total. The largest absolute Gasteiger partial charge is 0.457 e. The molecule has 132 valence electrons. The Labute approximate surface area is 153 Å². The number of carbonyl (C=O) groups excluding carboxylic acids is 1. The number of ether oxygens (including phenoxy) is 1. The smallest absolute Gasteiger partial charge is 0.254 e. The molecule has 0 saturated heterocycles. The van der Waals surface area contributed by atoms with E-state index in [9.17, 15) is 4.79 Å². The van der Waals surface area contributed by atoms with Crippen molar-refractivity contribution in [2.75, 3.05) is 0 Å². The second kappa shape index (κ2) is 7.08. The Morgan fingerprint density at radius 1 is 1.00 bits per heavy atom. The minimum atomic E-state index is 0.0833. The Bertz CT molecular complexity index is 880. The summed E-state index contributed by atoms with van der Waals surface area (Å²) in [6, 6.07) is 21.5. The lowest BCUT2D eigenvalue weighted by Crippen LogP contribution is -2.33. The van der Waals surface area contributed by atoms with Crippen LogP contribution in [0.3, 0.4) is 0 Å². The predicted molar refractivity (Wildman–Crippen MR) is 101 cm³/mol. The van der Waals surface area contributed by atoms with E-state index >= 15 is 0 Å². The number of hydrogen-bond donors (Lipinski definition) is 0. The van der Waals surface area contributed by atoms with E-state index < -0.39 is 0 Å². The van der Waals surface area contributed by atoms with Gasteiger partial charge in [-0.05, 0) is 61.4 Å². The van der Waals surface area contributed by atoms with E-state index in [4.69, 9.17) is 4.74 Å². The van der Waals surface area contributed by atoms with Crippen LogP contribution in [-0.2, 0) is 13.6 Å². The molecular formula is C22H22N2O2. The highest BCUT2D eigenvalue weighted by Gasteiger charge is 2.33. The van der Waals surface area contributed by atoms with E-state index in [1.54, 1.807) is 0 Å². The maximum Gasteiger partial charge on any atom is 0.254 e. The van der Waals surface area contributed by atoms with Crippen molar-refractivity contribution < 1.29 is 9.53 Å². The minimum absolute atomic E-state index is 0.0833. The number of rotatable bonds is 6. The van der Waals surface area contributed by atoms with Crippen LogP contribution in [0.2, 0.25) is 0 Å². The quantitative estimate of drug-likeness (QED) is 0.652. The molecule has 0 unspecified atom stereocenters. The Morgan fingerprint density at radius 2 is 1.69 bits per heavy atom. The molecule has 4 heteroatoms. The molecule has 26 heavy (non-hydrogen) atoms. The van der Waals surface area contributed by atoms with Crippen LogP contribution >= 0.6 is 0 Å². The van der Waals surface area contributed by atoms with Gasteiger partial charge in [-0.25, -0.2) is 0 Å². The fraction of sp³-hybridized carbons (Fsp3) is 0.227. The average molecular weight is 346 g/mol. The molecule has 0 bridgehead atoms. The Kier molecular flexibility index (Phi) is 4.48. The van der Waals surface area contributed by atoms with Gasteiger partial charge in [0.1, 0.15) is 11.5 Å². The van der Waals surface area contributed by atoms with Gasteiger partial charge in [0.2, 0.25) is 0 Å². The fourth-order valence-corrected chi connectivity index (χ4v) is 3.04. The highest BCUT2D eigenvalue weighted by molar-refractivity contribution is 5.94. The topological polar surface area (TPSA) is 34.5 Å². The van der Waals surface area contributed by atoms with Crippen LogP contribution in [0.25, 0.3) is 0 Å². The number of carbonyl (C=O) groups is 1. The van der Waals surface area contributed by atoms with Gasteiger partial charge < -0.3 is 14.2 Å². The summed E-state index contributed by atoms with van der Waals surface area (Å²) in [6.07, 6.45) is 4.19. The lowest BCUT2D eigenvalue weighted by molar-refractivity contribution is 0.0726. The highest BCUT2D eigenvalue weighted by Crippen LogP contribution is 2.30. The van der Waals surface area contributed by atoms with Gasteiger partial charge in [0.25, 0.3) is 5.91 Å². The van der Waals surface area contributed by atoms with Gasteiger partial charge >= 0.3 is 0 Å². The van der Waals surface area contributed by atoms with Gasteiger partial charge in [0, 0.05) is 30.5 Å². The number of benzene rings is 2. The van der Waals surface area contributed by atoms with Crippen LogP contribution in [0, 0.1) is 0 Å². The Hall–Kier alpha value is -3.01.